The zero-order valence-electron chi connectivity index (χ0n) is 16.1. The number of pyridine rings is 1. The van der Waals surface area contributed by atoms with Crippen LogP contribution in [0, 0.1) is 0 Å². The maximum Gasteiger partial charge on any atom is 0.405 e. The molecule has 1 aliphatic rings. The van der Waals surface area contributed by atoms with E-state index in [1.54, 1.807) is 5.32 Å². The molecule has 12 heteroatoms. The zero-order chi connectivity index (χ0) is 22.1. The van der Waals surface area contributed by atoms with Crippen LogP contribution in [-0.4, -0.2) is 56.6 Å². The number of hydrogen-bond acceptors (Lipinski definition) is 5. The molecule has 0 aromatic carbocycles. The minimum Gasteiger partial charge on any atom is -0.345 e. The van der Waals surface area contributed by atoms with Crippen molar-refractivity contribution >= 4 is 22.8 Å². The van der Waals surface area contributed by atoms with Crippen molar-refractivity contribution in [1.82, 2.24) is 24.8 Å². The summed E-state index contributed by atoms with van der Waals surface area (Å²) >= 11 is 0. The molecule has 1 atom stereocenters. The van der Waals surface area contributed by atoms with E-state index in [1.807, 2.05) is 6.92 Å². The first-order chi connectivity index (χ1) is 14.1. The summed E-state index contributed by atoms with van der Waals surface area (Å²) in [6.07, 6.45) is -2.06. The van der Waals surface area contributed by atoms with Gasteiger partial charge in [0.05, 0.1) is 10.9 Å². The summed E-state index contributed by atoms with van der Waals surface area (Å²) in [5, 5.41) is 1.83. The van der Waals surface area contributed by atoms with Gasteiger partial charge in [-0.05, 0) is 25.3 Å². The molecule has 1 saturated heterocycles. The van der Waals surface area contributed by atoms with E-state index < -0.39 is 41.8 Å². The van der Waals surface area contributed by atoms with Gasteiger partial charge in [-0.25, -0.2) is 9.78 Å². The van der Waals surface area contributed by atoms with Gasteiger partial charge in [0.25, 0.3) is 11.5 Å². The van der Waals surface area contributed by atoms with Gasteiger partial charge in [-0.15, -0.1) is 0 Å². The lowest BCUT2D eigenvalue weighted by molar-refractivity contribution is -0.140. The Labute approximate surface area is 167 Å². The van der Waals surface area contributed by atoms with Gasteiger partial charge in [0.2, 0.25) is 5.91 Å². The van der Waals surface area contributed by atoms with E-state index in [2.05, 4.69) is 9.97 Å². The van der Waals surface area contributed by atoms with Crippen molar-refractivity contribution in [1.29, 1.82) is 0 Å². The number of hydrogen-bond donors (Lipinski definition) is 2. The second kappa shape index (κ2) is 8.28. The molecule has 9 nitrogen and oxygen atoms in total. The number of likely N-dealkylation sites (tertiary alicyclic amines) is 1. The molecule has 2 N–H and O–H groups in total. The van der Waals surface area contributed by atoms with Crippen molar-refractivity contribution in [2.45, 2.75) is 44.9 Å². The fourth-order valence-electron chi connectivity index (χ4n) is 3.47. The predicted octanol–water partition coefficient (Wildman–Crippen LogP) is 0.778. The van der Waals surface area contributed by atoms with Crippen LogP contribution in [0.4, 0.5) is 13.2 Å². The number of nitrogens with one attached hydrogen (secondary N) is 2. The summed E-state index contributed by atoms with van der Waals surface area (Å²) in [7, 11) is 0. The van der Waals surface area contributed by atoms with E-state index in [1.165, 1.54) is 21.7 Å². The number of alkyl halides is 3. The first-order valence-corrected chi connectivity index (χ1v) is 9.40. The largest absolute Gasteiger partial charge is 0.405 e. The zero-order valence-corrected chi connectivity index (χ0v) is 16.1. The Morgan fingerprint density at radius 2 is 2.07 bits per heavy atom. The van der Waals surface area contributed by atoms with Gasteiger partial charge in [0.1, 0.15) is 18.2 Å². The maximum atomic E-state index is 12.9. The van der Waals surface area contributed by atoms with Crippen LogP contribution in [0.1, 0.15) is 36.5 Å². The van der Waals surface area contributed by atoms with Crippen LogP contribution < -0.4 is 16.6 Å². The number of nitrogens with zero attached hydrogens (tertiary/aromatic N) is 3. The number of aryl methyl sites for hydroxylation is 1. The molecule has 162 valence electrons. The molecule has 0 spiro atoms. The van der Waals surface area contributed by atoms with Crippen LogP contribution in [0.3, 0.4) is 0 Å². The molecule has 2 aromatic rings. The number of fused-ring (bicyclic) bond motifs is 1. The van der Waals surface area contributed by atoms with Crippen LogP contribution in [0.15, 0.2) is 21.9 Å². The SMILES string of the molecule is CCCn1c(=O)[nH]c(=O)c2cc(C(=O)N3CCCC3C(=O)NCC(F)(F)F)cnc21. The minimum absolute atomic E-state index is 0.00483. The van der Waals surface area contributed by atoms with Crippen LogP contribution in [0.2, 0.25) is 0 Å². The lowest BCUT2D eigenvalue weighted by atomic mass is 10.1. The number of halogens is 3. The van der Waals surface area contributed by atoms with Gasteiger partial charge in [0, 0.05) is 19.3 Å². The number of amides is 2. The Morgan fingerprint density at radius 3 is 2.73 bits per heavy atom. The first kappa shape index (κ1) is 21.5. The Hall–Kier alpha value is -3.18. The number of aromatic amines is 1. The fraction of sp³-hybridized carbons (Fsp3) is 0.500. The third kappa shape index (κ3) is 4.36. The van der Waals surface area contributed by atoms with Gasteiger partial charge < -0.3 is 10.2 Å². The van der Waals surface area contributed by atoms with Crippen LogP contribution >= 0.6 is 0 Å². The van der Waals surface area contributed by atoms with Gasteiger partial charge in [-0.3, -0.25) is 23.9 Å². The highest BCUT2D eigenvalue weighted by Gasteiger charge is 2.36. The average molecular weight is 427 g/mol. The number of carbonyl (C=O) groups is 2. The summed E-state index contributed by atoms with van der Waals surface area (Å²) in [5.74, 6) is -1.51. The molecule has 1 fully saturated rings. The molecule has 0 radical (unpaired) electrons. The molecule has 0 bridgehead atoms. The third-order valence-corrected chi connectivity index (χ3v) is 4.81. The van der Waals surface area contributed by atoms with E-state index in [0.29, 0.717) is 19.4 Å². The van der Waals surface area contributed by atoms with Crippen LogP contribution in [0.25, 0.3) is 11.0 Å². The van der Waals surface area contributed by atoms with Crippen molar-refractivity contribution in [3.05, 3.63) is 38.7 Å². The highest BCUT2D eigenvalue weighted by molar-refractivity contribution is 5.99. The molecule has 1 unspecified atom stereocenters. The summed E-state index contributed by atoms with van der Waals surface area (Å²) in [6, 6.07) is 0.237. The predicted molar refractivity (Wildman–Crippen MR) is 100 cm³/mol. The average Bonchev–Trinajstić information content (AvgIpc) is 3.17. The summed E-state index contributed by atoms with van der Waals surface area (Å²) in [5.41, 5.74) is -1.18. The van der Waals surface area contributed by atoms with Crippen molar-refractivity contribution in [2.75, 3.05) is 13.1 Å². The van der Waals surface area contributed by atoms with E-state index >= 15 is 0 Å². The first-order valence-electron chi connectivity index (χ1n) is 9.40. The van der Waals surface area contributed by atoms with E-state index in [4.69, 9.17) is 0 Å². The van der Waals surface area contributed by atoms with Gasteiger partial charge >= 0.3 is 11.9 Å². The van der Waals surface area contributed by atoms with E-state index in [-0.39, 0.29) is 29.6 Å². The smallest absolute Gasteiger partial charge is 0.345 e. The monoisotopic (exact) mass is 427 g/mol. The number of H-pyrrole nitrogens is 1. The van der Waals surface area contributed by atoms with Gasteiger partial charge in [-0.2, -0.15) is 13.2 Å². The Bertz CT molecular complexity index is 1090. The molecule has 30 heavy (non-hydrogen) atoms. The normalized spacial score (nSPS) is 16.8. The maximum absolute atomic E-state index is 12.9. The van der Waals surface area contributed by atoms with Crippen LogP contribution in [0.5, 0.6) is 0 Å². The molecular formula is C18H20F3N5O4. The lowest BCUT2D eigenvalue weighted by Crippen LogP contribution is -2.48. The Balaban J connectivity index is 1.90. The molecule has 0 aliphatic carbocycles. The highest BCUT2D eigenvalue weighted by Crippen LogP contribution is 2.22. The molecule has 1 aliphatic heterocycles. The second-order valence-corrected chi connectivity index (χ2v) is 7.00. The molecule has 3 rings (SSSR count). The van der Waals surface area contributed by atoms with Crippen molar-refractivity contribution in [3.8, 4) is 0 Å². The Kier molecular flexibility index (Phi) is 5.94. The molecule has 2 aromatic heterocycles. The standard InChI is InChI=1S/C18H20F3N5O4/c1-2-5-26-13-11(14(27)24-17(26)30)7-10(8-22-13)16(29)25-6-3-4-12(25)15(28)23-9-18(19,20)21/h7-8,12H,2-6,9H2,1H3,(H,23,28)(H,24,27,30). The molecule has 2 amide bonds. The molecule has 0 saturated carbocycles. The van der Waals surface area contributed by atoms with Gasteiger partial charge in [0.15, 0.2) is 0 Å². The lowest BCUT2D eigenvalue weighted by Gasteiger charge is -2.24. The van der Waals surface area contributed by atoms with Crippen molar-refractivity contribution < 1.29 is 22.8 Å². The highest BCUT2D eigenvalue weighted by atomic mass is 19.4. The number of carbonyl (C=O) groups excluding carboxylic acids is 2. The number of rotatable bonds is 5. The third-order valence-electron chi connectivity index (χ3n) is 4.81. The quantitative estimate of drug-likeness (QED) is 0.731. The Morgan fingerprint density at radius 1 is 1.33 bits per heavy atom. The van der Waals surface area contributed by atoms with Gasteiger partial charge in [-0.1, -0.05) is 6.92 Å². The minimum atomic E-state index is -4.55. The van der Waals surface area contributed by atoms with E-state index in [0.717, 1.165) is 0 Å². The molecular weight excluding hydrogens is 407 g/mol. The fourth-order valence-corrected chi connectivity index (χ4v) is 3.47. The second-order valence-electron chi connectivity index (χ2n) is 7.00. The van der Waals surface area contributed by atoms with Crippen LogP contribution in [-0.2, 0) is 11.3 Å². The summed E-state index contributed by atoms with van der Waals surface area (Å²) in [4.78, 5) is 56.7. The van der Waals surface area contributed by atoms with E-state index in [9.17, 15) is 32.3 Å². The summed E-state index contributed by atoms with van der Waals surface area (Å²) in [6.45, 7) is 0.873. The summed E-state index contributed by atoms with van der Waals surface area (Å²) < 4.78 is 38.4. The van der Waals surface area contributed by atoms with Crippen molar-refractivity contribution in [3.63, 3.8) is 0 Å². The topological polar surface area (TPSA) is 117 Å². The molecule has 3 heterocycles. The number of aromatic nitrogens is 3. The van der Waals surface area contributed by atoms with Crippen molar-refractivity contribution in [2.24, 2.45) is 0 Å².